The van der Waals surface area contributed by atoms with Crippen molar-refractivity contribution in [2.45, 2.75) is 24.5 Å². The van der Waals surface area contributed by atoms with Gasteiger partial charge in [-0.3, -0.25) is 14.7 Å². The molecule has 1 unspecified atom stereocenters. The monoisotopic (exact) mass is 548 g/mol. The molecule has 1 fully saturated rings. The van der Waals surface area contributed by atoms with Crippen LogP contribution in [0.4, 0.5) is 14.9 Å². The Labute approximate surface area is 224 Å². The van der Waals surface area contributed by atoms with Crippen molar-refractivity contribution in [1.82, 2.24) is 15.0 Å². The number of amides is 2. The van der Waals surface area contributed by atoms with Crippen molar-refractivity contribution < 1.29 is 27.1 Å². The highest BCUT2D eigenvalue weighted by Gasteiger charge is 2.32. The number of benzene rings is 3. The van der Waals surface area contributed by atoms with Gasteiger partial charge in [-0.2, -0.15) is 0 Å². The van der Waals surface area contributed by atoms with Crippen LogP contribution in [0.2, 0.25) is 0 Å². The zero-order valence-corrected chi connectivity index (χ0v) is 21.7. The van der Waals surface area contributed by atoms with E-state index in [9.17, 15) is 18.0 Å². The first kappa shape index (κ1) is 26.3. The third kappa shape index (κ3) is 5.74. The molecular formula is C28H25FN4O5S. The van der Waals surface area contributed by atoms with Crippen LogP contribution in [-0.4, -0.2) is 44.6 Å². The van der Waals surface area contributed by atoms with E-state index in [0.717, 1.165) is 5.39 Å². The number of nitrogens with zero attached hydrogens (tertiary/aromatic N) is 2. The summed E-state index contributed by atoms with van der Waals surface area (Å²) < 4.78 is 48.8. The van der Waals surface area contributed by atoms with E-state index in [0.29, 0.717) is 27.9 Å². The Morgan fingerprint density at radius 2 is 1.87 bits per heavy atom. The van der Waals surface area contributed by atoms with Gasteiger partial charge in [-0.15, -0.1) is 0 Å². The number of carbonyl (C=O) groups excluding carboxylic acids is 2. The summed E-state index contributed by atoms with van der Waals surface area (Å²) in [4.78, 5) is 29.0. The van der Waals surface area contributed by atoms with E-state index in [4.69, 9.17) is 4.74 Å². The van der Waals surface area contributed by atoms with Crippen molar-refractivity contribution in [2.24, 2.45) is 0 Å². The fraction of sp³-hybridized carbons (Fsp3) is 0.179. The summed E-state index contributed by atoms with van der Waals surface area (Å²) in [5, 5.41) is 3.33. The van der Waals surface area contributed by atoms with Gasteiger partial charge in [-0.25, -0.2) is 22.3 Å². The maximum Gasteiger partial charge on any atom is 0.414 e. The summed E-state index contributed by atoms with van der Waals surface area (Å²) in [6.07, 6.45) is 0.419. The van der Waals surface area contributed by atoms with E-state index in [1.165, 1.54) is 24.0 Å². The molecule has 39 heavy (non-hydrogen) atoms. The van der Waals surface area contributed by atoms with Crippen molar-refractivity contribution in [3.05, 3.63) is 90.4 Å². The number of pyridine rings is 1. The van der Waals surface area contributed by atoms with Gasteiger partial charge in [0, 0.05) is 30.6 Å². The topological polar surface area (TPSA) is 118 Å². The zero-order valence-electron chi connectivity index (χ0n) is 20.9. The first-order valence-corrected chi connectivity index (χ1v) is 13.6. The number of hydrogen-bond acceptors (Lipinski definition) is 6. The third-order valence-corrected chi connectivity index (χ3v) is 7.77. The maximum atomic E-state index is 15.1. The summed E-state index contributed by atoms with van der Waals surface area (Å²) in [6, 6.07) is 19.8. The lowest BCUT2D eigenvalue weighted by atomic mass is 10.0. The molecule has 1 aromatic heterocycles. The summed E-state index contributed by atoms with van der Waals surface area (Å²) in [7, 11) is -3.82. The van der Waals surface area contributed by atoms with Crippen molar-refractivity contribution in [1.29, 1.82) is 0 Å². The van der Waals surface area contributed by atoms with Crippen LogP contribution >= 0.6 is 0 Å². The van der Waals surface area contributed by atoms with Crippen LogP contribution in [0.25, 0.3) is 22.0 Å². The lowest BCUT2D eigenvalue weighted by molar-refractivity contribution is -0.119. The average molecular weight is 549 g/mol. The average Bonchev–Trinajstić information content (AvgIpc) is 3.31. The number of sulfonamides is 1. The quantitative estimate of drug-likeness (QED) is 0.344. The molecule has 9 nitrogen and oxygen atoms in total. The molecule has 1 aliphatic rings. The Hall–Kier alpha value is -4.35. The van der Waals surface area contributed by atoms with E-state index in [1.807, 2.05) is 0 Å². The predicted molar refractivity (Wildman–Crippen MR) is 144 cm³/mol. The van der Waals surface area contributed by atoms with Gasteiger partial charge in [0.15, 0.2) is 0 Å². The Kier molecular flexibility index (Phi) is 7.27. The largest absolute Gasteiger partial charge is 0.442 e. The first-order valence-electron chi connectivity index (χ1n) is 12.2. The number of hydrogen-bond donors (Lipinski definition) is 2. The summed E-state index contributed by atoms with van der Waals surface area (Å²) in [5.41, 5.74) is 2.36. The van der Waals surface area contributed by atoms with Crippen LogP contribution in [-0.2, 0) is 26.1 Å². The number of para-hydroxylation sites is 1. The van der Waals surface area contributed by atoms with Gasteiger partial charge in [-0.05, 0) is 41.5 Å². The SMILES string of the molecule is CC(=O)NCC1CN(c2ccc(-c3ccc(CNS(=O)(=O)c4cccc5cccnc45)cc3)c(F)c2)C(=O)O1. The number of nitrogens with one attached hydrogen (secondary N) is 2. The first-order chi connectivity index (χ1) is 18.7. The molecule has 4 aromatic rings. The molecule has 0 radical (unpaired) electrons. The second kappa shape index (κ2) is 10.8. The molecule has 200 valence electrons. The molecule has 0 spiro atoms. The Morgan fingerprint density at radius 3 is 2.62 bits per heavy atom. The minimum Gasteiger partial charge on any atom is -0.442 e. The molecule has 3 aromatic carbocycles. The van der Waals surface area contributed by atoms with Gasteiger partial charge in [0.1, 0.15) is 16.8 Å². The molecule has 2 amide bonds. The molecular weight excluding hydrogens is 523 g/mol. The molecule has 2 heterocycles. The normalized spacial score (nSPS) is 15.4. The molecule has 1 aliphatic heterocycles. The van der Waals surface area contributed by atoms with Gasteiger partial charge in [-0.1, -0.05) is 42.5 Å². The van der Waals surface area contributed by atoms with Crippen LogP contribution in [0.5, 0.6) is 0 Å². The summed E-state index contributed by atoms with van der Waals surface area (Å²) in [6.45, 7) is 1.79. The summed E-state index contributed by atoms with van der Waals surface area (Å²) >= 11 is 0. The van der Waals surface area contributed by atoms with Crippen molar-refractivity contribution in [3.63, 3.8) is 0 Å². The van der Waals surface area contributed by atoms with Crippen molar-refractivity contribution >= 4 is 38.6 Å². The number of carbonyl (C=O) groups is 2. The molecule has 11 heteroatoms. The van der Waals surface area contributed by atoms with E-state index >= 15 is 4.39 Å². The highest BCUT2D eigenvalue weighted by atomic mass is 32.2. The molecule has 5 rings (SSSR count). The van der Waals surface area contributed by atoms with Crippen LogP contribution in [0, 0.1) is 5.82 Å². The highest BCUT2D eigenvalue weighted by molar-refractivity contribution is 7.89. The number of anilines is 1. The van der Waals surface area contributed by atoms with Gasteiger partial charge in [0.2, 0.25) is 15.9 Å². The van der Waals surface area contributed by atoms with Crippen LogP contribution in [0.1, 0.15) is 12.5 Å². The zero-order chi connectivity index (χ0) is 27.6. The molecule has 1 atom stereocenters. The minimum atomic E-state index is -3.82. The molecule has 0 aliphatic carbocycles. The number of rotatable bonds is 8. The number of cyclic esters (lactones) is 1. The van der Waals surface area contributed by atoms with Gasteiger partial charge < -0.3 is 10.1 Å². The number of halogens is 1. The molecule has 0 bridgehead atoms. The second-order valence-corrected chi connectivity index (χ2v) is 10.8. The summed E-state index contributed by atoms with van der Waals surface area (Å²) in [5.74, 6) is -0.757. The van der Waals surface area contributed by atoms with Gasteiger partial charge in [0.25, 0.3) is 0 Å². The second-order valence-electron chi connectivity index (χ2n) is 9.07. The van der Waals surface area contributed by atoms with Gasteiger partial charge in [0.05, 0.1) is 24.3 Å². The number of aromatic nitrogens is 1. The fourth-order valence-corrected chi connectivity index (χ4v) is 5.55. The van der Waals surface area contributed by atoms with Crippen LogP contribution < -0.4 is 14.9 Å². The smallest absolute Gasteiger partial charge is 0.414 e. The fourth-order valence-electron chi connectivity index (χ4n) is 4.35. The lowest BCUT2D eigenvalue weighted by Crippen LogP contribution is -2.33. The number of fused-ring (bicyclic) bond motifs is 1. The maximum absolute atomic E-state index is 15.1. The number of ether oxygens (including phenoxy) is 1. The highest BCUT2D eigenvalue weighted by Crippen LogP contribution is 2.29. The Balaban J connectivity index is 1.26. The van der Waals surface area contributed by atoms with Gasteiger partial charge >= 0.3 is 6.09 Å². The van der Waals surface area contributed by atoms with E-state index < -0.39 is 28.0 Å². The lowest BCUT2D eigenvalue weighted by Gasteiger charge is -2.15. The molecule has 0 saturated carbocycles. The Bertz CT molecular complexity index is 1660. The Morgan fingerprint density at radius 1 is 1.10 bits per heavy atom. The van der Waals surface area contributed by atoms with Crippen molar-refractivity contribution in [2.75, 3.05) is 18.0 Å². The molecule has 1 saturated heterocycles. The molecule has 2 N–H and O–H groups in total. The standard InChI is InChI=1S/C28H25FN4O5S/c1-18(34)31-16-23-17-33(28(35)38-23)22-11-12-24(25(29)14-22)20-9-7-19(8-10-20)15-32-39(36,37)26-6-2-4-21-5-3-13-30-27(21)26/h2-14,23,32H,15-17H2,1H3,(H,31,34). The van der Waals surface area contributed by atoms with Crippen LogP contribution in [0.3, 0.4) is 0 Å². The van der Waals surface area contributed by atoms with Crippen molar-refractivity contribution in [3.8, 4) is 11.1 Å². The third-order valence-electron chi connectivity index (χ3n) is 6.33. The van der Waals surface area contributed by atoms with E-state index in [-0.39, 0.29) is 30.4 Å². The van der Waals surface area contributed by atoms with E-state index in [2.05, 4.69) is 15.0 Å². The minimum absolute atomic E-state index is 0.0456. The predicted octanol–water partition coefficient (Wildman–Crippen LogP) is 3.98. The van der Waals surface area contributed by atoms with Crippen LogP contribution in [0.15, 0.2) is 83.9 Å². The van der Waals surface area contributed by atoms with E-state index in [1.54, 1.807) is 66.9 Å².